The Kier molecular flexibility index (Phi) is 4.71. The molecule has 0 spiro atoms. The number of carbonyl (C=O) groups excluding carboxylic acids is 1. The number of hydrazine groups is 1. The van der Waals surface area contributed by atoms with E-state index in [9.17, 15) is 23.1 Å². The molecule has 1 aliphatic rings. The van der Waals surface area contributed by atoms with Crippen LogP contribution in [0.25, 0.3) is 0 Å². The van der Waals surface area contributed by atoms with Crippen molar-refractivity contribution in [3.63, 3.8) is 0 Å². The van der Waals surface area contributed by atoms with E-state index >= 15 is 0 Å². The summed E-state index contributed by atoms with van der Waals surface area (Å²) in [6.45, 7) is 0.0705. The van der Waals surface area contributed by atoms with Crippen molar-refractivity contribution in [3.05, 3.63) is 23.9 Å². The topological polar surface area (TPSA) is 106 Å². The summed E-state index contributed by atoms with van der Waals surface area (Å²) >= 11 is 0. The molecule has 0 bridgehead atoms. The quantitative estimate of drug-likeness (QED) is 0.532. The summed E-state index contributed by atoms with van der Waals surface area (Å²) in [4.78, 5) is 15.4. The fourth-order valence-corrected chi connectivity index (χ4v) is 2.57. The van der Waals surface area contributed by atoms with Gasteiger partial charge in [-0.2, -0.15) is 13.2 Å². The molecule has 1 fully saturated rings. The summed E-state index contributed by atoms with van der Waals surface area (Å²) in [6, 6.07) is 0.217. The second-order valence-electron chi connectivity index (χ2n) is 4.98. The van der Waals surface area contributed by atoms with Crippen LogP contribution >= 0.6 is 0 Å². The first-order chi connectivity index (χ1) is 10.3. The van der Waals surface area contributed by atoms with Gasteiger partial charge in [0.1, 0.15) is 18.0 Å². The Morgan fingerprint density at radius 3 is 2.73 bits per heavy atom. The van der Waals surface area contributed by atoms with Crippen LogP contribution in [0.15, 0.2) is 18.3 Å². The minimum atomic E-state index is -4.50. The Morgan fingerprint density at radius 1 is 1.50 bits per heavy atom. The molecule has 0 saturated carbocycles. The van der Waals surface area contributed by atoms with Crippen molar-refractivity contribution in [1.82, 2.24) is 15.2 Å². The Balaban J connectivity index is 2.18. The number of amides is 1. The molecule has 1 aliphatic heterocycles. The lowest BCUT2D eigenvalue weighted by Crippen LogP contribution is -2.45. The van der Waals surface area contributed by atoms with E-state index in [4.69, 9.17) is 5.84 Å². The zero-order chi connectivity index (χ0) is 16.3. The van der Waals surface area contributed by atoms with Crippen molar-refractivity contribution in [3.8, 4) is 0 Å². The van der Waals surface area contributed by atoms with Crippen molar-refractivity contribution in [2.24, 2.45) is 5.84 Å². The van der Waals surface area contributed by atoms with Gasteiger partial charge in [-0.05, 0) is 18.1 Å². The molecule has 4 N–H and O–H groups in total. The maximum absolute atomic E-state index is 13.4. The molecule has 0 radical (unpaired) electrons. The third-order valence-electron chi connectivity index (χ3n) is 3.47. The van der Waals surface area contributed by atoms with Gasteiger partial charge in [-0.15, -0.1) is 0 Å². The highest BCUT2D eigenvalue weighted by atomic mass is 19.4. The van der Waals surface area contributed by atoms with Gasteiger partial charge in [-0.25, -0.2) is 10.8 Å². The number of carbonyl (C=O) groups is 1. The maximum Gasteiger partial charge on any atom is 0.408 e. The number of rotatable bonds is 4. The summed E-state index contributed by atoms with van der Waals surface area (Å²) in [5.41, 5.74) is 2.21. The highest BCUT2D eigenvalue weighted by Gasteiger charge is 2.46. The lowest BCUT2D eigenvalue weighted by molar-refractivity contribution is -0.251. The normalized spacial score (nSPS) is 20.6. The third-order valence-corrected chi connectivity index (χ3v) is 3.47. The molecule has 1 aromatic heterocycles. The Morgan fingerprint density at radius 2 is 2.23 bits per heavy atom. The summed E-state index contributed by atoms with van der Waals surface area (Å²) in [6.07, 6.45) is -4.60. The van der Waals surface area contributed by atoms with Crippen LogP contribution in [-0.4, -0.2) is 41.3 Å². The fourth-order valence-electron chi connectivity index (χ4n) is 2.57. The van der Waals surface area contributed by atoms with Crippen LogP contribution in [0.4, 0.5) is 23.8 Å². The molecule has 0 aromatic carbocycles. The molecule has 1 amide bonds. The van der Waals surface area contributed by atoms with Crippen molar-refractivity contribution in [1.29, 1.82) is 0 Å². The first-order valence-electron chi connectivity index (χ1n) is 6.52. The van der Waals surface area contributed by atoms with Crippen LogP contribution in [0.5, 0.6) is 0 Å². The number of hydrogen-bond acceptors (Lipinski definition) is 6. The van der Waals surface area contributed by atoms with Crippen LogP contribution in [0.3, 0.4) is 0 Å². The van der Waals surface area contributed by atoms with E-state index in [0.29, 0.717) is 0 Å². The number of nitrogens with two attached hydrogens (primary N) is 1. The average Bonchev–Trinajstić information content (AvgIpc) is 2.85. The van der Waals surface area contributed by atoms with Crippen LogP contribution in [-0.2, 0) is 0 Å². The number of halogens is 3. The van der Waals surface area contributed by atoms with Crippen LogP contribution in [0.1, 0.15) is 18.0 Å². The Hall–Kier alpha value is -2.07. The van der Waals surface area contributed by atoms with Crippen LogP contribution in [0.2, 0.25) is 0 Å². The molecule has 122 valence electrons. The maximum atomic E-state index is 13.4. The highest BCUT2D eigenvalue weighted by Crippen LogP contribution is 2.39. The van der Waals surface area contributed by atoms with Crippen molar-refractivity contribution >= 4 is 11.9 Å². The summed E-state index contributed by atoms with van der Waals surface area (Å²) in [7, 11) is 0. The lowest BCUT2D eigenvalue weighted by Gasteiger charge is -2.30. The van der Waals surface area contributed by atoms with E-state index in [2.05, 4.69) is 15.7 Å². The fraction of sp³-hybridized carbons (Fsp3) is 0.500. The second kappa shape index (κ2) is 6.36. The van der Waals surface area contributed by atoms with Crippen LogP contribution < -0.4 is 21.7 Å². The molecule has 0 aliphatic carbocycles. The minimum Gasteiger partial charge on any atom is -0.530 e. The number of pyridine rings is 1. The van der Waals surface area contributed by atoms with Gasteiger partial charge >= 0.3 is 6.18 Å². The van der Waals surface area contributed by atoms with E-state index in [1.807, 2.05) is 0 Å². The molecule has 2 rings (SSSR count). The van der Waals surface area contributed by atoms with Crippen molar-refractivity contribution < 1.29 is 23.1 Å². The van der Waals surface area contributed by atoms with E-state index in [1.165, 1.54) is 17.0 Å². The van der Waals surface area contributed by atoms with Crippen molar-refractivity contribution in [2.45, 2.75) is 24.7 Å². The third kappa shape index (κ3) is 3.77. The van der Waals surface area contributed by atoms with Gasteiger partial charge in [0.2, 0.25) is 0 Å². The molecule has 7 nitrogen and oxygen atoms in total. The van der Waals surface area contributed by atoms with Gasteiger partial charge in [-0.1, -0.05) is 6.07 Å². The van der Waals surface area contributed by atoms with E-state index in [-0.39, 0.29) is 30.9 Å². The monoisotopic (exact) mass is 318 g/mol. The minimum absolute atomic E-state index is 0.0272. The SMILES string of the molecule is NNc1ccc([C@H](N2CC[C@@H](NC(=O)[O-])C2)C(F)(F)F)cn1. The average molecular weight is 318 g/mol. The molecular formula is C12H15F3N5O2-. The van der Waals surface area contributed by atoms with E-state index in [1.54, 1.807) is 0 Å². The van der Waals surface area contributed by atoms with Gasteiger partial charge in [0.15, 0.2) is 0 Å². The summed E-state index contributed by atoms with van der Waals surface area (Å²) in [5.74, 6) is 5.39. The zero-order valence-electron chi connectivity index (χ0n) is 11.4. The number of alkyl halides is 3. The number of nitrogens with one attached hydrogen (secondary N) is 2. The largest absolute Gasteiger partial charge is 0.530 e. The number of aromatic nitrogens is 1. The Bertz CT molecular complexity index is 522. The van der Waals surface area contributed by atoms with Crippen molar-refractivity contribution in [2.75, 3.05) is 18.5 Å². The predicted octanol–water partition coefficient (Wildman–Crippen LogP) is -0.0222. The number of likely N-dealkylation sites (tertiary alicyclic amines) is 1. The molecule has 2 heterocycles. The molecule has 22 heavy (non-hydrogen) atoms. The molecule has 1 saturated heterocycles. The molecule has 2 atom stereocenters. The smallest absolute Gasteiger partial charge is 0.408 e. The second-order valence-corrected chi connectivity index (χ2v) is 4.98. The van der Waals surface area contributed by atoms with Gasteiger partial charge in [0, 0.05) is 25.3 Å². The van der Waals surface area contributed by atoms with E-state index < -0.39 is 24.4 Å². The standard InChI is InChI=1S/C12H16F3N5O2/c13-12(14,15)10(7-1-2-9(19-16)17-5-7)20-4-3-8(6-20)18-11(21)22/h1-2,5,8,10,18H,3-4,6,16H2,(H,17,19)(H,21,22)/p-1/t8-,10+/m1/s1. The number of nitrogens with zero attached hydrogens (tertiary/aromatic N) is 2. The molecule has 1 aromatic rings. The first kappa shape index (κ1) is 16.3. The summed E-state index contributed by atoms with van der Waals surface area (Å²) < 4.78 is 40.1. The number of nitrogen functional groups attached to an aromatic ring is 1. The van der Waals surface area contributed by atoms with Gasteiger partial charge in [-0.3, -0.25) is 4.90 Å². The molecule has 10 heteroatoms. The highest BCUT2D eigenvalue weighted by molar-refractivity contribution is 5.62. The number of hydrogen-bond donors (Lipinski definition) is 3. The zero-order valence-corrected chi connectivity index (χ0v) is 11.4. The Labute approximate surface area is 124 Å². The van der Waals surface area contributed by atoms with Gasteiger partial charge in [0.25, 0.3) is 0 Å². The lowest BCUT2D eigenvalue weighted by atomic mass is 10.1. The molecular weight excluding hydrogens is 303 g/mol. The van der Waals surface area contributed by atoms with Gasteiger partial charge in [0.05, 0.1) is 0 Å². The number of anilines is 1. The van der Waals surface area contributed by atoms with Crippen LogP contribution in [0, 0.1) is 0 Å². The predicted molar refractivity (Wildman–Crippen MR) is 69.4 cm³/mol. The van der Waals surface area contributed by atoms with E-state index in [0.717, 1.165) is 6.20 Å². The summed E-state index contributed by atoms with van der Waals surface area (Å²) in [5, 5.41) is 12.6. The number of carboxylic acid groups (broad SMARTS) is 1. The van der Waals surface area contributed by atoms with Gasteiger partial charge < -0.3 is 20.6 Å². The first-order valence-corrected chi connectivity index (χ1v) is 6.52. The molecule has 0 unspecified atom stereocenters.